The molecular formula is C31H42BF4N4O3. The van der Waals surface area contributed by atoms with Gasteiger partial charge in [-0.15, -0.1) is 0 Å². The van der Waals surface area contributed by atoms with E-state index >= 15 is 4.39 Å². The lowest BCUT2D eigenvalue weighted by atomic mass is 9.70. The van der Waals surface area contributed by atoms with Crippen LogP contribution in [0, 0.1) is 11.8 Å². The monoisotopic (exact) mass is 605 g/mol. The van der Waals surface area contributed by atoms with E-state index in [-0.39, 0.29) is 42.0 Å². The summed E-state index contributed by atoms with van der Waals surface area (Å²) in [6.07, 6.45) is -0.807. The van der Waals surface area contributed by atoms with Gasteiger partial charge in [0.2, 0.25) is 5.91 Å². The molecule has 1 N–H and O–H groups in total. The summed E-state index contributed by atoms with van der Waals surface area (Å²) in [4.78, 5) is 34.2. The van der Waals surface area contributed by atoms with Gasteiger partial charge >= 0.3 is 6.18 Å². The van der Waals surface area contributed by atoms with E-state index in [1.165, 1.54) is 13.3 Å². The molecule has 235 valence electrons. The Hall–Kier alpha value is -2.73. The van der Waals surface area contributed by atoms with Crippen LogP contribution in [0.3, 0.4) is 0 Å². The molecule has 0 aliphatic carbocycles. The quantitative estimate of drug-likeness (QED) is 0.298. The summed E-state index contributed by atoms with van der Waals surface area (Å²) < 4.78 is 61.5. The number of hydrogen-bond donors (Lipinski definition) is 1. The molecule has 4 rings (SSSR count). The molecule has 3 fully saturated rings. The number of allylic oxidation sites excluding steroid dienone is 1. The molecule has 1 radical (unpaired) electrons. The number of ether oxygens (including phenoxy) is 1. The summed E-state index contributed by atoms with van der Waals surface area (Å²) in [5.74, 6) is 0.126. The smallest absolute Gasteiger partial charge is 0.378 e. The summed E-state index contributed by atoms with van der Waals surface area (Å²) in [5, 5.41) is 2.79. The van der Waals surface area contributed by atoms with Crippen molar-refractivity contribution in [1.82, 2.24) is 15.1 Å². The third-order valence-corrected chi connectivity index (χ3v) is 8.76. The van der Waals surface area contributed by atoms with Gasteiger partial charge in [-0.3, -0.25) is 19.5 Å². The van der Waals surface area contributed by atoms with E-state index in [2.05, 4.69) is 10.2 Å². The van der Waals surface area contributed by atoms with Gasteiger partial charge in [0.25, 0.3) is 7.28 Å². The summed E-state index contributed by atoms with van der Waals surface area (Å²) in [7, 11) is 1.51. The number of amidine groups is 1. The number of benzene rings is 1. The minimum absolute atomic E-state index is 0.0663. The highest BCUT2D eigenvalue weighted by atomic mass is 19.4. The molecule has 3 aliphatic heterocycles. The minimum atomic E-state index is -4.54. The van der Waals surface area contributed by atoms with Crippen LogP contribution in [-0.2, 0) is 27.9 Å². The largest absolute Gasteiger partial charge is 0.416 e. The SMILES string of the molecule is CCC(F)(CC)c1cc(C(F)(F)F)ccc1CN1CCC(C=C2[B]C(=O)NC2=NC(C(=O)N2CCOCC2)C(C)C)CC1. The van der Waals surface area contributed by atoms with Crippen LogP contribution in [0.4, 0.5) is 22.4 Å². The normalized spacial score (nSPS) is 21.9. The third kappa shape index (κ3) is 8.06. The lowest BCUT2D eigenvalue weighted by molar-refractivity contribution is -0.138. The van der Waals surface area contributed by atoms with Gasteiger partial charge in [0.15, 0.2) is 5.81 Å². The molecule has 2 amide bonds. The molecule has 1 unspecified atom stereocenters. The number of aliphatic imine (C=N–C) groups is 1. The third-order valence-electron chi connectivity index (χ3n) is 8.76. The van der Waals surface area contributed by atoms with Crippen LogP contribution in [0.25, 0.3) is 0 Å². The molecule has 1 aromatic rings. The zero-order valence-electron chi connectivity index (χ0n) is 25.5. The van der Waals surface area contributed by atoms with Gasteiger partial charge in [-0.25, -0.2) is 4.39 Å². The molecule has 0 aromatic heterocycles. The highest BCUT2D eigenvalue weighted by molar-refractivity contribution is 6.87. The second-order valence-electron chi connectivity index (χ2n) is 12.0. The summed E-state index contributed by atoms with van der Waals surface area (Å²) in [6.45, 7) is 10.9. The van der Waals surface area contributed by atoms with Crippen molar-refractivity contribution in [1.29, 1.82) is 0 Å². The van der Waals surface area contributed by atoms with Crippen LogP contribution >= 0.6 is 0 Å². The van der Waals surface area contributed by atoms with Gasteiger partial charge in [-0.1, -0.05) is 39.8 Å². The lowest BCUT2D eigenvalue weighted by Crippen LogP contribution is -2.47. The number of hydrogen-bond acceptors (Lipinski definition) is 5. The lowest BCUT2D eigenvalue weighted by Gasteiger charge is -2.33. The summed E-state index contributed by atoms with van der Waals surface area (Å²) in [5.41, 5.74) is -1.30. The molecule has 3 aliphatic rings. The second kappa shape index (κ2) is 13.9. The Kier molecular flexibility index (Phi) is 10.7. The Bertz CT molecular complexity index is 1220. The Labute approximate surface area is 252 Å². The topological polar surface area (TPSA) is 74.2 Å². The van der Waals surface area contributed by atoms with Crippen LogP contribution in [-0.4, -0.2) is 80.1 Å². The first kappa shape index (κ1) is 33.2. The van der Waals surface area contributed by atoms with Crippen molar-refractivity contribution in [3.8, 4) is 0 Å². The minimum Gasteiger partial charge on any atom is -0.378 e. The Morgan fingerprint density at radius 1 is 1.12 bits per heavy atom. The van der Waals surface area contributed by atoms with Crippen molar-refractivity contribution in [2.45, 2.75) is 77.8 Å². The van der Waals surface area contributed by atoms with E-state index in [0.29, 0.717) is 62.8 Å². The predicted octanol–water partition coefficient (Wildman–Crippen LogP) is 5.50. The number of morpholine rings is 1. The van der Waals surface area contributed by atoms with Crippen molar-refractivity contribution in [3.63, 3.8) is 0 Å². The number of carbonyl (C=O) groups is 2. The highest BCUT2D eigenvalue weighted by Gasteiger charge is 2.37. The maximum atomic E-state index is 15.7. The number of rotatable bonds is 9. The van der Waals surface area contributed by atoms with Gasteiger partial charge in [-0.2, -0.15) is 13.2 Å². The maximum absolute atomic E-state index is 15.7. The van der Waals surface area contributed by atoms with Crippen LogP contribution in [0.5, 0.6) is 0 Å². The van der Waals surface area contributed by atoms with E-state index in [4.69, 9.17) is 9.73 Å². The first-order valence-electron chi connectivity index (χ1n) is 15.3. The van der Waals surface area contributed by atoms with Crippen molar-refractivity contribution >= 4 is 24.8 Å². The number of nitrogens with one attached hydrogen (secondary N) is 1. The predicted molar refractivity (Wildman–Crippen MR) is 159 cm³/mol. The average Bonchev–Trinajstić information content (AvgIpc) is 3.34. The van der Waals surface area contributed by atoms with E-state index in [0.717, 1.165) is 25.0 Å². The fraction of sp³-hybridized carbons (Fsp3) is 0.645. The van der Waals surface area contributed by atoms with Gasteiger partial charge in [0, 0.05) is 19.6 Å². The Morgan fingerprint density at radius 3 is 2.35 bits per heavy atom. The number of amides is 2. The molecule has 7 nitrogen and oxygen atoms in total. The van der Waals surface area contributed by atoms with Gasteiger partial charge in [0.05, 0.1) is 18.8 Å². The van der Waals surface area contributed by atoms with E-state index in [1.54, 1.807) is 18.7 Å². The zero-order chi connectivity index (χ0) is 31.4. The summed E-state index contributed by atoms with van der Waals surface area (Å²) in [6, 6.07) is 2.81. The molecule has 1 atom stereocenters. The number of carbonyl (C=O) groups excluding carboxylic acids is 2. The molecule has 12 heteroatoms. The van der Waals surface area contributed by atoms with Crippen LogP contribution in [0.1, 0.15) is 70.1 Å². The van der Waals surface area contributed by atoms with Crippen LogP contribution in [0.2, 0.25) is 0 Å². The molecule has 3 saturated heterocycles. The fourth-order valence-corrected chi connectivity index (χ4v) is 5.98. The molecule has 0 saturated carbocycles. The fourth-order valence-electron chi connectivity index (χ4n) is 5.98. The number of nitrogens with zero attached hydrogens (tertiary/aromatic N) is 3. The van der Waals surface area contributed by atoms with Crippen molar-refractivity contribution in [3.05, 3.63) is 46.4 Å². The van der Waals surface area contributed by atoms with Gasteiger partial charge in [0.1, 0.15) is 17.5 Å². The van der Waals surface area contributed by atoms with Crippen molar-refractivity contribution in [2.24, 2.45) is 16.8 Å². The Balaban J connectivity index is 1.46. The maximum Gasteiger partial charge on any atom is 0.416 e. The van der Waals surface area contributed by atoms with Crippen molar-refractivity contribution in [2.75, 3.05) is 39.4 Å². The number of piperidine rings is 1. The summed E-state index contributed by atoms with van der Waals surface area (Å²) >= 11 is 0. The molecule has 0 bridgehead atoms. The highest BCUT2D eigenvalue weighted by Crippen LogP contribution is 2.40. The number of halogens is 4. The van der Waals surface area contributed by atoms with E-state index in [1.807, 2.05) is 19.9 Å². The standard InChI is InChI=1S/C31H42BF4N4O3/c1-5-30(33,6-2)24-18-23(31(34,35)36)8-7-22(24)19-39-11-9-21(10-12-39)17-25-27(38-29(42)32-25)37-26(20(3)4)28(41)40-13-15-43-16-14-40/h7-8,17-18,20-21,26H,5-6,9-16,19H2,1-4H3,(H,37,38,42). The molecule has 1 aromatic carbocycles. The van der Waals surface area contributed by atoms with Crippen molar-refractivity contribution < 1.29 is 31.9 Å². The zero-order valence-corrected chi connectivity index (χ0v) is 25.5. The van der Waals surface area contributed by atoms with Crippen LogP contribution < -0.4 is 5.32 Å². The number of alkyl halides is 4. The van der Waals surface area contributed by atoms with Crippen LogP contribution in [0.15, 0.2) is 34.7 Å². The second-order valence-corrected chi connectivity index (χ2v) is 12.0. The van der Waals surface area contributed by atoms with Gasteiger partial charge in [-0.05, 0) is 79.3 Å². The van der Waals surface area contributed by atoms with E-state index < -0.39 is 23.5 Å². The molecule has 3 heterocycles. The van der Waals surface area contributed by atoms with E-state index in [9.17, 15) is 22.8 Å². The first-order valence-corrected chi connectivity index (χ1v) is 15.3. The molecule has 43 heavy (non-hydrogen) atoms. The van der Waals surface area contributed by atoms with Gasteiger partial charge < -0.3 is 15.0 Å². The average molecular weight is 606 g/mol. The number of likely N-dealkylation sites (tertiary alicyclic amines) is 1. The Morgan fingerprint density at radius 2 is 1.77 bits per heavy atom. The molecule has 0 spiro atoms. The molecular weight excluding hydrogens is 563 g/mol. The first-order chi connectivity index (χ1) is 20.3.